The number of aromatic nitrogens is 1. The van der Waals surface area contributed by atoms with Gasteiger partial charge in [0.1, 0.15) is 6.29 Å². The number of benzene rings is 2. The smallest absolute Gasteiger partial charge is 0.262 e. The molecule has 2 aromatic carbocycles. The molecule has 1 heterocycles. The Labute approximate surface area is 160 Å². The maximum Gasteiger partial charge on any atom is 0.262 e. The Morgan fingerprint density at radius 2 is 2.07 bits per heavy atom. The second-order valence-electron chi connectivity index (χ2n) is 5.70. The first kappa shape index (κ1) is 18.6. The molecule has 0 aliphatic rings. The molecule has 0 unspecified atom stereocenters. The summed E-state index contributed by atoms with van der Waals surface area (Å²) in [6.45, 7) is 1.77. The number of aldehydes is 1. The van der Waals surface area contributed by atoms with Crippen LogP contribution in [0.15, 0.2) is 47.8 Å². The Hall–Kier alpha value is -3.19. The van der Waals surface area contributed by atoms with E-state index in [1.54, 1.807) is 35.6 Å². The van der Waals surface area contributed by atoms with Crippen LogP contribution in [0.3, 0.4) is 0 Å². The standard InChI is InChI=1S/C20H18N2O4S/c1-13-21-17(12-27-13)15-4-3-5-16(9-15)22-20(24)11-26-18-7-6-14(10-23)8-19(18)25-2/h3-10,12H,11H2,1-2H3,(H,22,24). The highest BCUT2D eigenvalue weighted by Gasteiger charge is 2.10. The molecule has 6 nitrogen and oxygen atoms in total. The summed E-state index contributed by atoms with van der Waals surface area (Å²) < 4.78 is 10.7. The molecule has 0 aliphatic carbocycles. The van der Waals surface area contributed by atoms with E-state index in [0.717, 1.165) is 22.6 Å². The molecule has 0 radical (unpaired) electrons. The van der Waals surface area contributed by atoms with Gasteiger partial charge in [-0.2, -0.15) is 0 Å². The maximum absolute atomic E-state index is 12.2. The van der Waals surface area contributed by atoms with E-state index in [2.05, 4.69) is 10.3 Å². The van der Waals surface area contributed by atoms with E-state index in [1.165, 1.54) is 7.11 Å². The van der Waals surface area contributed by atoms with Crippen molar-refractivity contribution in [3.05, 3.63) is 58.4 Å². The third-order valence-electron chi connectivity index (χ3n) is 3.74. The van der Waals surface area contributed by atoms with Crippen LogP contribution in [0.1, 0.15) is 15.4 Å². The van der Waals surface area contributed by atoms with Crippen molar-refractivity contribution in [2.75, 3.05) is 19.0 Å². The number of nitrogens with zero attached hydrogens (tertiary/aromatic N) is 1. The monoisotopic (exact) mass is 382 g/mol. The molecule has 7 heteroatoms. The fourth-order valence-corrected chi connectivity index (χ4v) is 3.09. The summed E-state index contributed by atoms with van der Waals surface area (Å²) in [4.78, 5) is 27.5. The third kappa shape index (κ3) is 4.71. The topological polar surface area (TPSA) is 77.5 Å². The molecule has 138 valence electrons. The van der Waals surface area contributed by atoms with Gasteiger partial charge in [0.05, 0.1) is 17.8 Å². The summed E-state index contributed by atoms with van der Waals surface area (Å²) in [5.74, 6) is 0.487. The number of amides is 1. The number of carbonyl (C=O) groups is 2. The van der Waals surface area contributed by atoms with Crippen LogP contribution >= 0.6 is 11.3 Å². The van der Waals surface area contributed by atoms with Crippen molar-refractivity contribution in [3.63, 3.8) is 0 Å². The summed E-state index contributed by atoms with van der Waals surface area (Å²) in [5.41, 5.74) is 2.95. The van der Waals surface area contributed by atoms with Gasteiger partial charge in [0, 0.05) is 22.2 Å². The van der Waals surface area contributed by atoms with Gasteiger partial charge in [0.15, 0.2) is 18.1 Å². The van der Waals surface area contributed by atoms with Crippen LogP contribution in [0.5, 0.6) is 11.5 Å². The lowest BCUT2D eigenvalue weighted by molar-refractivity contribution is -0.118. The first-order valence-corrected chi connectivity index (χ1v) is 9.05. The van der Waals surface area contributed by atoms with Crippen LogP contribution in [0.25, 0.3) is 11.3 Å². The van der Waals surface area contributed by atoms with Crippen LogP contribution in [0.4, 0.5) is 5.69 Å². The van der Waals surface area contributed by atoms with Crippen LogP contribution in [-0.2, 0) is 4.79 Å². The summed E-state index contributed by atoms with van der Waals surface area (Å²) >= 11 is 1.58. The Morgan fingerprint density at radius 1 is 1.22 bits per heavy atom. The van der Waals surface area contributed by atoms with Crippen molar-refractivity contribution in [1.29, 1.82) is 0 Å². The minimum Gasteiger partial charge on any atom is -0.493 e. The van der Waals surface area contributed by atoms with E-state index in [9.17, 15) is 9.59 Å². The maximum atomic E-state index is 12.2. The number of anilines is 1. The average molecular weight is 382 g/mol. The zero-order valence-electron chi connectivity index (χ0n) is 14.9. The quantitative estimate of drug-likeness (QED) is 0.626. The summed E-state index contributed by atoms with van der Waals surface area (Å²) in [6.07, 6.45) is 0.718. The molecule has 0 atom stereocenters. The normalized spacial score (nSPS) is 10.3. The number of rotatable bonds is 7. The molecule has 1 aromatic heterocycles. The van der Waals surface area contributed by atoms with Crippen molar-refractivity contribution in [3.8, 4) is 22.8 Å². The molecular weight excluding hydrogens is 364 g/mol. The van der Waals surface area contributed by atoms with Crippen LogP contribution < -0.4 is 14.8 Å². The van der Waals surface area contributed by atoms with E-state index < -0.39 is 0 Å². The second-order valence-corrected chi connectivity index (χ2v) is 6.76. The Kier molecular flexibility index (Phi) is 5.83. The number of methoxy groups -OCH3 is 1. The van der Waals surface area contributed by atoms with Crippen molar-refractivity contribution in [2.45, 2.75) is 6.92 Å². The van der Waals surface area contributed by atoms with E-state index in [4.69, 9.17) is 9.47 Å². The predicted molar refractivity (Wildman–Crippen MR) is 105 cm³/mol. The SMILES string of the molecule is COc1cc(C=O)ccc1OCC(=O)Nc1cccc(-c2csc(C)n2)c1. The predicted octanol–water partition coefficient (Wildman–Crippen LogP) is 3.96. The molecule has 1 N–H and O–H groups in total. The first-order chi connectivity index (χ1) is 13.1. The molecule has 0 aliphatic heterocycles. The van der Waals surface area contributed by atoms with E-state index in [1.807, 2.05) is 30.5 Å². The largest absolute Gasteiger partial charge is 0.493 e. The number of ether oxygens (including phenoxy) is 2. The van der Waals surface area contributed by atoms with Gasteiger partial charge in [0.25, 0.3) is 5.91 Å². The average Bonchev–Trinajstić information content (AvgIpc) is 3.13. The van der Waals surface area contributed by atoms with Gasteiger partial charge >= 0.3 is 0 Å². The molecule has 27 heavy (non-hydrogen) atoms. The highest BCUT2D eigenvalue weighted by molar-refractivity contribution is 7.09. The second kappa shape index (κ2) is 8.46. The molecule has 1 amide bonds. The molecule has 0 fully saturated rings. The highest BCUT2D eigenvalue weighted by Crippen LogP contribution is 2.28. The molecule has 0 saturated carbocycles. The fraction of sp³-hybridized carbons (Fsp3) is 0.150. The Bertz CT molecular complexity index is 968. The van der Waals surface area contributed by atoms with Crippen molar-refractivity contribution >= 4 is 29.2 Å². The highest BCUT2D eigenvalue weighted by atomic mass is 32.1. The number of thiazole rings is 1. The molecule has 0 saturated heterocycles. The van der Waals surface area contributed by atoms with Crippen molar-refractivity contribution in [2.24, 2.45) is 0 Å². The molecule has 0 bridgehead atoms. The number of hydrogen-bond acceptors (Lipinski definition) is 6. The molecular formula is C20H18N2O4S. The van der Waals surface area contributed by atoms with Gasteiger partial charge < -0.3 is 14.8 Å². The van der Waals surface area contributed by atoms with Gasteiger partial charge in [-0.3, -0.25) is 9.59 Å². The Morgan fingerprint density at radius 3 is 2.78 bits per heavy atom. The van der Waals surface area contributed by atoms with Gasteiger partial charge in [-0.05, 0) is 37.3 Å². The van der Waals surface area contributed by atoms with Gasteiger partial charge in [-0.1, -0.05) is 12.1 Å². The number of nitrogens with one attached hydrogen (secondary N) is 1. The van der Waals surface area contributed by atoms with Crippen LogP contribution in [0, 0.1) is 6.92 Å². The van der Waals surface area contributed by atoms with Crippen molar-refractivity contribution in [1.82, 2.24) is 4.98 Å². The van der Waals surface area contributed by atoms with Gasteiger partial charge in [-0.25, -0.2) is 4.98 Å². The minimum absolute atomic E-state index is 0.184. The summed E-state index contributed by atoms with van der Waals surface area (Å²) in [7, 11) is 1.47. The first-order valence-electron chi connectivity index (χ1n) is 8.17. The number of carbonyl (C=O) groups excluding carboxylic acids is 2. The van der Waals surface area contributed by atoms with Gasteiger partial charge in [-0.15, -0.1) is 11.3 Å². The minimum atomic E-state index is -0.303. The van der Waals surface area contributed by atoms with E-state index in [-0.39, 0.29) is 12.5 Å². The number of hydrogen-bond donors (Lipinski definition) is 1. The lowest BCUT2D eigenvalue weighted by atomic mass is 10.1. The van der Waals surface area contributed by atoms with E-state index >= 15 is 0 Å². The van der Waals surface area contributed by atoms with E-state index in [0.29, 0.717) is 22.7 Å². The lowest BCUT2D eigenvalue weighted by Crippen LogP contribution is -2.20. The lowest BCUT2D eigenvalue weighted by Gasteiger charge is -2.11. The molecule has 3 aromatic rings. The van der Waals surface area contributed by atoms with Crippen molar-refractivity contribution < 1.29 is 19.1 Å². The third-order valence-corrected chi connectivity index (χ3v) is 4.52. The number of aryl methyl sites for hydroxylation is 1. The zero-order valence-corrected chi connectivity index (χ0v) is 15.7. The molecule has 0 spiro atoms. The summed E-state index contributed by atoms with van der Waals surface area (Å²) in [6, 6.07) is 12.2. The summed E-state index contributed by atoms with van der Waals surface area (Å²) in [5, 5.41) is 5.77. The van der Waals surface area contributed by atoms with Crippen LogP contribution in [0.2, 0.25) is 0 Å². The van der Waals surface area contributed by atoms with Crippen LogP contribution in [-0.4, -0.2) is 30.9 Å². The van der Waals surface area contributed by atoms with Gasteiger partial charge in [0.2, 0.25) is 0 Å². The zero-order chi connectivity index (χ0) is 19.2. The Balaban J connectivity index is 1.64. The fourth-order valence-electron chi connectivity index (χ4n) is 2.47. The molecule has 3 rings (SSSR count).